The summed E-state index contributed by atoms with van der Waals surface area (Å²) in [5.74, 6) is 0.884. The first-order valence-corrected chi connectivity index (χ1v) is 8.62. The number of aromatic nitrogens is 1. The molecule has 2 aromatic rings. The molecule has 0 saturated heterocycles. The zero-order chi connectivity index (χ0) is 16.3. The van der Waals surface area contributed by atoms with Crippen molar-refractivity contribution in [1.29, 1.82) is 0 Å². The van der Waals surface area contributed by atoms with Gasteiger partial charge in [-0.15, -0.1) is 0 Å². The number of hydrogen-bond acceptors (Lipinski definition) is 4. The van der Waals surface area contributed by atoms with Gasteiger partial charge >= 0.3 is 0 Å². The number of rotatable bonds is 10. The van der Waals surface area contributed by atoms with Crippen molar-refractivity contribution in [1.82, 2.24) is 4.98 Å². The molecular weight excluding hydrogens is 358 g/mol. The van der Waals surface area contributed by atoms with Crippen molar-refractivity contribution in [3.63, 3.8) is 0 Å². The normalized spacial score (nSPS) is 10.7. The molecule has 4 nitrogen and oxygen atoms in total. The van der Waals surface area contributed by atoms with E-state index in [9.17, 15) is 0 Å². The van der Waals surface area contributed by atoms with Crippen LogP contribution in [0.3, 0.4) is 0 Å². The average Bonchev–Trinajstić information content (AvgIpc) is 2.59. The molecule has 0 saturated carbocycles. The lowest BCUT2D eigenvalue weighted by molar-refractivity contribution is -0.00288. The molecule has 0 fully saturated rings. The van der Waals surface area contributed by atoms with Crippen molar-refractivity contribution in [3.05, 3.63) is 47.1 Å². The minimum absolute atomic E-state index is 0.186. The lowest BCUT2D eigenvalue weighted by atomic mass is 10.1. The van der Waals surface area contributed by atoms with Crippen LogP contribution in [0.15, 0.2) is 47.1 Å². The van der Waals surface area contributed by atoms with E-state index in [0.717, 1.165) is 53.8 Å². The summed E-state index contributed by atoms with van der Waals surface area (Å²) >= 11 is 3.39. The highest BCUT2D eigenvalue weighted by atomic mass is 79.9. The molecule has 0 amide bonds. The third-order valence-electron chi connectivity index (χ3n) is 3.42. The number of unbranched alkanes of at least 4 members (excludes halogenated alkanes) is 3. The van der Waals surface area contributed by atoms with Crippen LogP contribution in [0.2, 0.25) is 0 Å². The van der Waals surface area contributed by atoms with Crippen molar-refractivity contribution in [2.75, 3.05) is 20.0 Å². The summed E-state index contributed by atoms with van der Waals surface area (Å²) in [6.45, 7) is 1.16. The third kappa shape index (κ3) is 6.69. The van der Waals surface area contributed by atoms with E-state index in [1.54, 1.807) is 6.20 Å². The molecule has 0 unspecified atom stereocenters. The maximum absolute atomic E-state index is 8.49. The fraction of sp³-hybridized carbons (Fsp3) is 0.389. The Morgan fingerprint density at radius 1 is 0.913 bits per heavy atom. The Kier molecular flexibility index (Phi) is 8.07. The molecular formula is C18H22BrNO3. The fourth-order valence-electron chi connectivity index (χ4n) is 2.18. The molecule has 1 aromatic carbocycles. The molecule has 5 heteroatoms. The highest BCUT2D eigenvalue weighted by Crippen LogP contribution is 2.22. The second kappa shape index (κ2) is 10.4. The standard InChI is InChI=1S/C18H22BrNO3/c19-16-7-10-18(20-13-16)15-5-8-17(9-6-15)23-12-4-2-1-3-11-22-14-21/h5-10,13,21H,1-4,11-12,14H2. The molecule has 1 aromatic heterocycles. The smallest absolute Gasteiger partial charge is 0.143 e. The van der Waals surface area contributed by atoms with Gasteiger partial charge in [0.05, 0.1) is 12.3 Å². The van der Waals surface area contributed by atoms with E-state index in [2.05, 4.69) is 20.9 Å². The van der Waals surface area contributed by atoms with Gasteiger partial charge in [0, 0.05) is 22.8 Å². The number of aliphatic hydroxyl groups is 1. The Morgan fingerprint density at radius 2 is 1.65 bits per heavy atom. The molecule has 124 valence electrons. The van der Waals surface area contributed by atoms with E-state index >= 15 is 0 Å². The van der Waals surface area contributed by atoms with Gasteiger partial charge in [-0.3, -0.25) is 4.98 Å². The lowest BCUT2D eigenvalue weighted by Gasteiger charge is -2.07. The number of halogens is 1. The molecule has 1 N–H and O–H groups in total. The minimum atomic E-state index is -0.186. The lowest BCUT2D eigenvalue weighted by Crippen LogP contribution is -1.99. The van der Waals surface area contributed by atoms with E-state index in [1.807, 2.05) is 36.4 Å². The molecule has 2 rings (SSSR count). The Bertz CT molecular complexity index is 557. The van der Waals surface area contributed by atoms with Crippen LogP contribution in [0.25, 0.3) is 11.3 Å². The van der Waals surface area contributed by atoms with Crippen LogP contribution < -0.4 is 4.74 Å². The highest BCUT2D eigenvalue weighted by molar-refractivity contribution is 9.10. The van der Waals surface area contributed by atoms with E-state index in [-0.39, 0.29) is 6.79 Å². The Hall–Kier alpha value is -1.43. The summed E-state index contributed by atoms with van der Waals surface area (Å²) in [6.07, 6.45) is 6.00. The van der Waals surface area contributed by atoms with Crippen LogP contribution >= 0.6 is 15.9 Å². The Balaban J connectivity index is 1.68. The number of aliphatic hydroxyl groups excluding tert-OH is 1. The van der Waals surface area contributed by atoms with Gasteiger partial charge in [-0.1, -0.05) is 6.42 Å². The van der Waals surface area contributed by atoms with Gasteiger partial charge in [0.25, 0.3) is 0 Å². The van der Waals surface area contributed by atoms with Gasteiger partial charge < -0.3 is 14.6 Å². The van der Waals surface area contributed by atoms with Crippen LogP contribution in [0, 0.1) is 0 Å². The quantitative estimate of drug-likeness (QED) is 0.490. The topological polar surface area (TPSA) is 51.6 Å². The zero-order valence-corrected chi connectivity index (χ0v) is 14.7. The van der Waals surface area contributed by atoms with Crippen LogP contribution in [0.5, 0.6) is 5.75 Å². The zero-order valence-electron chi connectivity index (χ0n) is 13.1. The molecule has 0 atom stereocenters. The van der Waals surface area contributed by atoms with Crippen LogP contribution in [-0.2, 0) is 4.74 Å². The number of pyridine rings is 1. The van der Waals surface area contributed by atoms with E-state index in [1.165, 1.54) is 0 Å². The second-order valence-corrected chi connectivity index (χ2v) is 6.10. The maximum Gasteiger partial charge on any atom is 0.143 e. The molecule has 0 bridgehead atoms. The maximum atomic E-state index is 8.49. The number of benzene rings is 1. The van der Waals surface area contributed by atoms with Crippen molar-refractivity contribution < 1.29 is 14.6 Å². The van der Waals surface area contributed by atoms with Gasteiger partial charge in [0.2, 0.25) is 0 Å². The molecule has 0 aliphatic carbocycles. The van der Waals surface area contributed by atoms with E-state index in [0.29, 0.717) is 6.61 Å². The largest absolute Gasteiger partial charge is 0.494 e. The summed E-state index contributed by atoms with van der Waals surface area (Å²) in [7, 11) is 0. The first-order chi connectivity index (χ1) is 11.3. The molecule has 23 heavy (non-hydrogen) atoms. The summed E-state index contributed by atoms with van der Waals surface area (Å²) in [6, 6.07) is 12.0. The third-order valence-corrected chi connectivity index (χ3v) is 3.89. The first kappa shape index (κ1) is 17.9. The highest BCUT2D eigenvalue weighted by Gasteiger charge is 2.00. The van der Waals surface area contributed by atoms with Crippen molar-refractivity contribution in [3.8, 4) is 17.0 Å². The van der Waals surface area contributed by atoms with Crippen molar-refractivity contribution >= 4 is 15.9 Å². The summed E-state index contributed by atoms with van der Waals surface area (Å²) in [5, 5.41) is 8.49. The predicted molar refractivity (Wildman–Crippen MR) is 94.4 cm³/mol. The summed E-state index contributed by atoms with van der Waals surface area (Å²) in [5.41, 5.74) is 2.03. The van der Waals surface area contributed by atoms with E-state index in [4.69, 9.17) is 14.6 Å². The van der Waals surface area contributed by atoms with Crippen LogP contribution in [-0.4, -0.2) is 30.1 Å². The Morgan fingerprint density at radius 3 is 2.30 bits per heavy atom. The monoisotopic (exact) mass is 379 g/mol. The Labute approximate surface area is 145 Å². The first-order valence-electron chi connectivity index (χ1n) is 7.83. The van der Waals surface area contributed by atoms with Crippen molar-refractivity contribution in [2.24, 2.45) is 0 Å². The van der Waals surface area contributed by atoms with Crippen molar-refractivity contribution in [2.45, 2.75) is 25.7 Å². The number of hydrogen-bond donors (Lipinski definition) is 1. The average molecular weight is 380 g/mol. The van der Waals surface area contributed by atoms with Gasteiger partial charge in [-0.25, -0.2) is 0 Å². The molecule has 0 spiro atoms. The molecule has 0 aliphatic heterocycles. The summed E-state index contributed by atoms with van der Waals surface area (Å²) in [4.78, 5) is 4.38. The van der Waals surface area contributed by atoms with Gasteiger partial charge in [0.1, 0.15) is 12.5 Å². The van der Waals surface area contributed by atoms with Gasteiger partial charge in [0.15, 0.2) is 0 Å². The number of ether oxygens (including phenoxy) is 2. The predicted octanol–water partition coefficient (Wildman–Crippen LogP) is 4.42. The van der Waals surface area contributed by atoms with Crippen LogP contribution in [0.4, 0.5) is 0 Å². The SMILES string of the molecule is OCOCCCCCCOc1ccc(-c2ccc(Br)cn2)cc1. The number of nitrogens with zero attached hydrogens (tertiary/aromatic N) is 1. The van der Waals surface area contributed by atoms with Gasteiger partial charge in [-0.05, 0) is 71.6 Å². The molecule has 0 aliphatic rings. The molecule has 0 radical (unpaired) electrons. The minimum Gasteiger partial charge on any atom is -0.494 e. The molecule has 1 heterocycles. The second-order valence-electron chi connectivity index (χ2n) is 5.19. The fourth-order valence-corrected chi connectivity index (χ4v) is 2.42. The van der Waals surface area contributed by atoms with Gasteiger partial charge in [-0.2, -0.15) is 0 Å². The van der Waals surface area contributed by atoms with Crippen LogP contribution in [0.1, 0.15) is 25.7 Å². The summed E-state index contributed by atoms with van der Waals surface area (Å²) < 4.78 is 11.6. The van der Waals surface area contributed by atoms with E-state index < -0.39 is 0 Å².